The van der Waals surface area contributed by atoms with E-state index in [0.717, 1.165) is 32.7 Å². The monoisotopic (exact) mass is 316 g/mol. The normalized spacial score (nSPS) is 20.0. The van der Waals surface area contributed by atoms with Gasteiger partial charge >= 0.3 is 0 Å². The maximum atomic E-state index is 9.61. The Morgan fingerprint density at radius 3 is 2.90 bits per heavy atom. The molecule has 1 aromatic heterocycles. The first-order valence-electron chi connectivity index (χ1n) is 6.90. The molecule has 0 unspecified atom stereocenters. The Morgan fingerprint density at radius 2 is 2.24 bits per heavy atom. The molecule has 1 saturated heterocycles. The van der Waals surface area contributed by atoms with Crippen LogP contribution in [0.3, 0.4) is 0 Å². The molecule has 1 atom stereocenters. The summed E-state index contributed by atoms with van der Waals surface area (Å²) < 4.78 is 5.06. The molecule has 1 aliphatic rings. The van der Waals surface area contributed by atoms with Gasteiger partial charge in [0.2, 0.25) is 5.95 Å². The summed E-state index contributed by atoms with van der Waals surface area (Å²) in [6.45, 7) is 4.02. The van der Waals surface area contributed by atoms with Gasteiger partial charge in [0.25, 0.3) is 0 Å². The second-order valence-electron chi connectivity index (χ2n) is 4.96. The van der Waals surface area contributed by atoms with E-state index < -0.39 is 0 Å². The fourth-order valence-corrected chi connectivity index (χ4v) is 2.49. The number of nitrogens with zero attached hydrogens (tertiary/aromatic N) is 5. The van der Waals surface area contributed by atoms with Crippen LogP contribution in [0.2, 0.25) is 5.15 Å². The van der Waals surface area contributed by atoms with Gasteiger partial charge in [-0.15, -0.1) is 10.2 Å². The van der Waals surface area contributed by atoms with Crippen LogP contribution in [0.15, 0.2) is 0 Å². The molecule has 3 N–H and O–H groups in total. The first-order valence-corrected chi connectivity index (χ1v) is 7.28. The van der Waals surface area contributed by atoms with Crippen LogP contribution >= 0.6 is 11.6 Å². The smallest absolute Gasteiger partial charge is 0.247 e. The first-order chi connectivity index (χ1) is 10.2. The number of hydrogen-bond donors (Lipinski definition) is 2. The molecule has 0 aromatic carbocycles. The average molecular weight is 317 g/mol. The van der Waals surface area contributed by atoms with Crippen molar-refractivity contribution < 1.29 is 9.84 Å². The number of aromatic nitrogens is 3. The Balaban J connectivity index is 2.00. The van der Waals surface area contributed by atoms with Crippen LogP contribution in [0.1, 0.15) is 6.42 Å². The third-order valence-electron chi connectivity index (χ3n) is 3.52. The number of anilines is 2. The van der Waals surface area contributed by atoms with Gasteiger partial charge in [0.05, 0.1) is 12.6 Å². The molecule has 9 heteroatoms. The second-order valence-corrected chi connectivity index (χ2v) is 5.32. The topological polar surface area (TPSA) is 101 Å². The van der Waals surface area contributed by atoms with Crippen molar-refractivity contribution in [2.75, 3.05) is 57.1 Å². The van der Waals surface area contributed by atoms with Gasteiger partial charge in [0.1, 0.15) is 0 Å². The van der Waals surface area contributed by atoms with Crippen molar-refractivity contribution in [1.82, 2.24) is 20.1 Å². The lowest BCUT2D eigenvalue weighted by atomic mass is 10.2. The highest BCUT2D eigenvalue weighted by atomic mass is 35.5. The molecule has 2 rings (SSSR count). The van der Waals surface area contributed by atoms with E-state index >= 15 is 0 Å². The number of methoxy groups -OCH3 is 1. The van der Waals surface area contributed by atoms with E-state index in [-0.39, 0.29) is 23.6 Å². The van der Waals surface area contributed by atoms with Crippen LogP contribution in [-0.4, -0.2) is 77.7 Å². The van der Waals surface area contributed by atoms with Crippen molar-refractivity contribution in [3.63, 3.8) is 0 Å². The second kappa shape index (κ2) is 7.69. The lowest BCUT2D eigenvalue weighted by Crippen LogP contribution is -2.55. The van der Waals surface area contributed by atoms with Gasteiger partial charge in [-0.25, -0.2) is 0 Å². The van der Waals surface area contributed by atoms with Crippen LogP contribution in [0.25, 0.3) is 0 Å². The standard InChI is InChI=1S/C12H21ClN6O2/c1-21-6-2-3-18-4-5-19(9(7-18)8-20)12-15-11(14)10(13)16-17-12/h9,20H,2-8H2,1H3,(H2,14,15,17)/t9-/m0/s1. The minimum absolute atomic E-state index is 0.0205. The summed E-state index contributed by atoms with van der Waals surface area (Å²) in [6, 6.07) is -0.0799. The van der Waals surface area contributed by atoms with Gasteiger partial charge in [-0.2, -0.15) is 4.98 Å². The molecule has 0 amide bonds. The maximum absolute atomic E-state index is 9.61. The molecule has 0 aliphatic carbocycles. The average Bonchev–Trinajstić information content (AvgIpc) is 2.50. The molecule has 0 spiro atoms. The molecule has 8 nitrogen and oxygen atoms in total. The quantitative estimate of drug-likeness (QED) is 0.685. The van der Waals surface area contributed by atoms with Gasteiger partial charge in [0, 0.05) is 39.9 Å². The number of nitrogens with two attached hydrogens (primary N) is 1. The zero-order chi connectivity index (χ0) is 15.2. The maximum Gasteiger partial charge on any atom is 0.247 e. The fraction of sp³-hybridized carbons (Fsp3) is 0.750. The summed E-state index contributed by atoms with van der Waals surface area (Å²) in [5.41, 5.74) is 5.66. The summed E-state index contributed by atoms with van der Waals surface area (Å²) in [5.74, 6) is 0.563. The van der Waals surface area contributed by atoms with Gasteiger partial charge in [0.15, 0.2) is 11.0 Å². The molecule has 0 bridgehead atoms. The number of rotatable bonds is 6. The van der Waals surface area contributed by atoms with Crippen molar-refractivity contribution in [3.8, 4) is 0 Å². The molecule has 2 heterocycles. The third-order valence-corrected chi connectivity index (χ3v) is 3.79. The Bertz CT molecular complexity index is 463. The van der Waals surface area contributed by atoms with E-state index in [1.165, 1.54) is 0 Å². The lowest BCUT2D eigenvalue weighted by molar-refractivity contribution is 0.143. The molecule has 118 valence electrons. The summed E-state index contributed by atoms with van der Waals surface area (Å²) >= 11 is 5.73. The highest BCUT2D eigenvalue weighted by molar-refractivity contribution is 6.31. The Morgan fingerprint density at radius 1 is 1.43 bits per heavy atom. The summed E-state index contributed by atoms with van der Waals surface area (Å²) in [5, 5.41) is 17.4. The van der Waals surface area contributed by atoms with E-state index in [2.05, 4.69) is 20.1 Å². The number of halogens is 1. The summed E-state index contributed by atoms with van der Waals surface area (Å²) in [4.78, 5) is 8.36. The highest BCUT2D eigenvalue weighted by Crippen LogP contribution is 2.19. The van der Waals surface area contributed by atoms with Gasteiger partial charge in [-0.3, -0.25) is 4.90 Å². The SMILES string of the molecule is COCCCN1CCN(c2nnc(Cl)c(N)n2)[C@H](CO)C1. The third kappa shape index (κ3) is 4.13. The van der Waals surface area contributed by atoms with Crippen molar-refractivity contribution in [3.05, 3.63) is 5.15 Å². The fourth-order valence-electron chi connectivity index (χ4n) is 2.41. The van der Waals surface area contributed by atoms with Crippen LogP contribution < -0.4 is 10.6 Å². The molecule has 0 radical (unpaired) electrons. The van der Waals surface area contributed by atoms with Crippen LogP contribution in [-0.2, 0) is 4.74 Å². The molecule has 1 aliphatic heterocycles. The minimum atomic E-state index is -0.0799. The number of aliphatic hydroxyl groups excluding tert-OH is 1. The van der Waals surface area contributed by atoms with Crippen LogP contribution in [0.5, 0.6) is 0 Å². The molecule has 0 saturated carbocycles. The van der Waals surface area contributed by atoms with E-state index in [9.17, 15) is 5.11 Å². The number of nitrogen functional groups attached to an aromatic ring is 1. The highest BCUT2D eigenvalue weighted by Gasteiger charge is 2.28. The summed E-state index contributed by atoms with van der Waals surface area (Å²) in [7, 11) is 1.70. The van der Waals surface area contributed by atoms with Crippen molar-refractivity contribution >= 4 is 23.4 Å². The predicted octanol–water partition coefficient (Wildman–Crippen LogP) is -0.373. The van der Waals surface area contributed by atoms with Crippen molar-refractivity contribution in [2.24, 2.45) is 0 Å². The van der Waals surface area contributed by atoms with E-state index in [1.54, 1.807) is 7.11 Å². The van der Waals surface area contributed by atoms with Gasteiger partial charge < -0.3 is 20.5 Å². The number of aliphatic hydroxyl groups is 1. The molecular formula is C12H21ClN6O2. The van der Waals surface area contributed by atoms with Crippen LogP contribution in [0, 0.1) is 0 Å². The molecular weight excluding hydrogens is 296 g/mol. The van der Waals surface area contributed by atoms with E-state index in [0.29, 0.717) is 12.5 Å². The molecule has 21 heavy (non-hydrogen) atoms. The minimum Gasteiger partial charge on any atom is -0.394 e. The van der Waals surface area contributed by atoms with Gasteiger partial charge in [-0.1, -0.05) is 11.6 Å². The zero-order valence-corrected chi connectivity index (χ0v) is 12.8. The zero-order valence-electron chi connectivity index (χ0n) is 12.1. The largest absolute Gasteiger partial charge is 0.394 e. The molecule has 1 aromatic rings. The molecule has 1 fully saturated rings. The van der Waals surface area contributed by atoms with E-state index in [4.69, 9.17) is 22.1 Å². The number of piperazine rings is 1. The number of ether oxygens (including phenoxy) is 1. The Labute approximate surface area is 128 Å². The van der Waals surface area contributed by atoms with Crippen molar-refractivity contribution in [1.29, 1.82) is 0 Å². The predicted molar refractivity (Wildman–Crippen MR) is 80.4 cm³/mol. The Kier molecular flexibility index (Phi) is 5.92. The lowest BCUT2D eigenvalue weighted by Gasteiger charge is -2.40. The van der Waals surface area contributed by atoms with Crippen LogP contribution in [0.4, 0.5) is 11.8 Å². The van der Waals surface area contributed by atoms with E-state index in [1.807, 2.05) is 4.90 Å². The summed E-state index contributed by atoms with van der Waals surface area (Å²) in [6.07, 6.45) is 0.973. The van der Waals surface area contributed by atoms with Gasteiger partial charge in [-0.05, 0) is 6.42 Å². The Hall–Kier alpha value is -1.22. The number of hydrogen-bond acceptors (Lipinski definition) is 8. The van der Waals surface area contributed by atoms with Crippen molar-refractivity contribution in [2.45, 2.75) is 12.5 Å². The first kappa shape index (κ1) is 16.2.